The van der Waals surface area contributed by atoms with Crippen molar-refractivity contribution in [1.29, 1.82) is 0 Å². The van der Waals surface area contributed by atoms with Crippen LogP contribution in [0.25, 0.3) is 0 Å². The molecule has 2 aromatic carbocycles. The van der Waals surface area contributed by atoms with Crippen LogP contribution in [0.4, 0.5) is 0 Å². The van der Waals surface area contributed by atoms with Gasteiger partial charge in [0.15, 0.2) is 11.5 Å². The number of amides is 1. The van der Waals surface area contributed by atoms with Crippen LogP contribution in [-0.4, -0.2) is 45.1 Å². The maximum Gasteiger partial charge on any atom is 0.337 e. The average Bonchev–Trinajstić information content (AvgIpc) is 2.65. The van der Waals surface area contributed by atoms with Gasteiger partial charge in [0.1, 0.15) is 0 Å². The Morgan fingerprint density at radius 2 is 1.64 bits per heavy atom. The van der Waals surface area contributed by atoms with Gasteiger partial charge in [0.25, 0.3) is 5.91 Å². The number of esters is 1. The first-order valence-corrected chi connectivity index (χ1v) is 7.67. The van der Waals surface area contributed by atoms with Crippen LogP contribution in [0.5, 0.6) is 11.5 Å². The number of likely N-dealkylation sites (N-methyl/N-ethyl adjacent to an activating group) is 1. The molecule has 0 aliphatic rings. The second-order valence-corrected chi connectivity index (χ2v) is 5.50. The molecule has 0 saturated heterocycles. The Balaban J connectivity index is 2.38. The third-order valence-corrected chi connectivity index (χ3v) is 3.60. The van der Waals surface area contributed by atoms with Gasteiger partial charge in [-0.3, -0.25) is 4.79 Å². The number of carbonyl (C=O) groups excluding carboxylic acids is 2. The van der Waals surface area contributed by atoms with Crippen LogP contribution in [-0.2, 0) is 9.53 Å². The van der Waals surface area contributed by atoms with Crippen molar-refractivity contribution in [3.63, 3.8) is 0 Å². The molecule has 0 radical (unpaired) electrons. The first-order valence-electron chi connectivity index (χ1n) is 7.67. The molecule has 0 saturated carbocycles. The Labute approximate surface area is 146 Å². The monoisotopic (exact) mass is 343 g/mol. The van der Waals surface area contributed by atoms with Gasteiger partial charge in [-0.1, -0.05) is 30.3 Å². The van der Waals surface area contributed by atoms with E-state index in [1.807, 2.05) is 30.3 Å². The molecule has 0 heterocycles. The quantitative estimate of drug-likeness (QED) is 0.755. The predicted molar refractivity (Wildman–Crippen MR) is 92.8 cm³/mol. The summed E-state index contributed by atoms with van der Waals surface area (Å²) >= 11 is 0. The lowest BCUT2D eigenvalue weighted by molar-refractivity contribution is -0.136. The minimum Gasteiger partial charge on any atom is -0.493 e. The van der Waals surface area contributed by atoms with Gasteiger partial charge >= 0.3 is 5.97 Å². The number of hydrogen-bond donors (Lipinski definition) is 0. The normalized spacial score (nSPS) is 11.4. The average molecular weight is 343 g/mol. The van der Waals surface area contributed by atoms with Crippen molar-refractivity contribution in [1.82, 2.24) is 4.90 Å². The van der Waals surface area contributed by atoms with E-state index in [1.54, 1.807) is 26.2 Å². The van der Waals surface area contributed by atoms with Gasteiger partial charge in [-0.15, -0.1) is 0 Å². The van der Waals surface area contributed by atoms with Crippen molar-refractivity contribution in [2.45, 2.75) is 6.10 Å². The zero-order valence-electron chi connectivity index (χ0n) is 14.7. The van der Waals surface area contributed by atoms with Gasteiger partial charge in [-0.25, -0.2) is 4.79 Å². The summed E-state index contributed by atoms with van der Waals surface area (Å²) in [5.41, 5.74) is 1.06. The van der Waals surface area contributed by atoms with Crippen molar-refractivity contribution in [2.75, 3.05) is 28.3 Å². The molecule has 2 aromatic rings. The second-order valence-electron chi connectivity index (χ2n) is 5.50. The lowest BCUT2D eigenvalue weighted by Gasteiger charge is -2.23. The molecular weight excluding hydrogens is 322 g/mol. The summed E-state index contributed by atoms with van der Waals surface area (Å²) in [6.07, 6.45) is -0.825. The van der Waals surface area contributed by atoms with Crippen molar-refractivity contribution >= 4 is 11.9 Å². The van der Waals surface area contributed by atoms with Crippen LogP contribution >= 0.6 is 0 Å². The molecule has 1 amide bonds. The van der Waals surface area contributed by atoms with Crippen LogP contribution in [0.15, 0.2) is 48.5 Å². The third kappa shape index (κ3) is 4.29. The Hall–Kier alpha value is -3.02. The summed E-state index contributed by atoms with van der Waals surface area (Å²) < 4.78 is 15.9. The highest BCUT2D eigenvalue weighted by Gasteiger charge is 2.25. The van der Waals surface area contributed by atoms with E-state index in [9.17, 15) is 9.59 Å². The minimum atomic E-state index is -0.825. The van der Waals surface area contributed by atoms with E-state index in [1.165, 1.54) is 25.2 Å². The van der Waals surface area contributed by atoms with Crippen LogP contribution in [0.1, 0.15) is 22.0 Å². The molecule has 0 aromatic heterocycles. The Kier molecular flexibility index (Phi) is 6.00. The van der Waals surface area contributed by atoms with Crippen molar-refractivity contribution in [2.24, 2.45) is 0 Å². The zero-order chi connectivity index (χ0) is 18.4. The van der Waals surface area contributed by atoms with E-state index in [0.717, 1.165) is 5.56 Å². The van der Waals surface area contributed by atoms with E-state index in [2.05, 4.69) is 0 Å². The van der Waals surface area contributed by atoms with Crippen molar-refractivity contribution < 1.29 is 23.8 Å². The fraction of sp³-hybridized carbons (Fsp3) is 0.263. The summed E-state index contributed by atoms with van der Waals surface area (Å²) in [7, 11) is 6.10. The van der Waals surface area contributed by atoms with E-state index in [4.69, 9.17) is 14.2 Å². The lowest BCUT2D eigenvalue weighted by Crippen LogP contribution is -2.31. The molecule has 0 spiro atoms. The van der Waals surface area contributed by atoms with Gasteiger partial charge in [-0.05, 0) is 18.2 Å². The number of rotatable bonds is 6. The van der Waals surface area contributed by atoms with E-state index >= 15 is 0 Å². The SMILES string of the molecule is COC(=O)c1ccc(O[C@@H](C(=O)N(C)C)c2ccccc2)c(OC)c1. The summed E-state index contributed by atoms with van der Waals surface area (Å²) in [4.78, 5) is 25.7. The summed E-state index contributed by atoms with van der Waals surface area (Å²) in [6.45, 7) is 0. The maximum absolute atomic E-state index is 12.6. The van der Waals surface area contributed by atoms with Crippen molar-refractivity contribution in [3.05, 3.63) is 59.7 Å². The van der Waals surface area contributed by atoms with Gasteiger partial charge < -0.3 is 19.1 Å². The fourth-order valence-electron chi connectivity index (χ4n) is 2.26. The number of carbonyl (C=O) groups is 2. The first kappa shape index (κ1) is 18.3. The molecule has 6 heteroatoms. The Morgan fingerprint density at radius 1 is 0.960 bits per heavy atom. The highest BCUT2D eigenvalue weighted by Crippen LogP contribution is 2.33. The van der Waals surface area contributed by atoms with Gasteiger partial charge in [0.05, 0.1) is 19.8 Å². The van der Waals surface area contributed by atoms with Gasteiger partial charge in [0.2, 0.25) is 6.10 Å². The molecule has 2 rings (SSSR count). The molecule has 0 aliphatic heterocycles. The number of methoxy groups -OCH3 is 2. The number of hydrogen-bond acceptors (Lipinski definition) is 5. The molecule has 0 N–H and O–H groups in total. The van der Waals surface area contributed by atoms with Crippen LogP contribution in [0.3, 0.4) is 0 Å². The molecule has 6 nitrogen and oxygen atoms in total. The number of ether oxygens (including phenoxy) is 3. The molecule has 0 bridgehead atoms. The smallest absolute Gasteiger partial charge is 0.337 e. The second kappa shape index (κ2) is 8.19. The topological polar surface area (TPSA) is 65.1 Å². The molecular formula is C19H21NO5. The standard InChI is InChI=1S/C19H21NO5/c1-20(2)18(21)17(13-8-6-5-7-9-13)25-15-11-10-14(19(22)24-4)12-16(15)23-3/h5-12,17H,1-4H3/t17-/m1/s1. The van der Waals surface area contributed by atoms with Gasteiger partial charge in [0, 0.05) is 19.7 Å². The van der Waals surface area contributed by atoms with E-state index in [-0.39, 0.29) is 5.91 Å². The van der Waals surface area contributed by atoms with E-state index < -0.39 is 12.1 Å². The Bertz CT molecular complexity index is 743. The van der Waals surface area contributed by atoms with Crippen molar-refractivity contribution in [3.8, 4) is 11.5 Å². The van der Waals surface area contributed by atoms with Crippen LogP contribution in [0, 0.1) is 0 Å². The molecule has 25 heavy (non-hydrogen) atoms. The molecule has 1 atom stereocenters. The number of benzene rings is 2. The first-order chi connectivity index (χ1) is 12.0. The molecule has 132 valence electrons. The lowest BCUT2D eigenvalue weighted by atomic mass is 10.1. The molecule has 0 fully saturated rings. The highest BCUT2D eigenvalue weighted by molar-refractivity contribution is 5.90. The van der Waals surface area contributed by atoms with Gasteiger partial charge in [-0.2, -0.15) is 0 Å². The number of nitrogens with zero attached hydrogens (tertiary/aromatic N) is 1. The summed E-state index contributed by atoms with van der Waals surface area (Å²) in [6, 6.07) is 13.9. The highest BCUT2D eigenvalue weighted by atomic mass is 16.5. The maximum atomic E-state index is 12.6. The van der Waals surface area contributed by atoms with Crippen LogP contribution < -0.4 is 9.47 Å². The zero-order valence-corrected chi connectivity index (χ0v) is 14.7. The minimum absolute atomic E-state index is 0.203. The molecule has 0 aliphatic carbocycles. The summed E-state index contributed by atoms with van der Waals surface area (Å²) in [5, 5.41) is 0. The third-order valence-electron chi connectivity index (χ3n) is 3.60. The van der Waals surface area contributed by atoms with Crippen LogP contribution in [0.2, 0.25) is 0 Å². The molecule has 0 unspecified atom stereocenters. The predicted octanol–water partition coefficient (Wildman–Crippen LogP) is 2.69. The Morgan fingerprint density at radius 3 is 2.20 bits per heavy atom. The fourth-order valence-corrected chi connectivity index (χ4v) is 2.26. The summed E-state index contributed by atoms with van der Waals surface area (Å²) in [5.74, 6) is 0.0220. The largest absolute Gasteiger partial charge is 0.493 e. The van der Waals surface area contributed by atoms with E-state index in [0.29, 0.717) is 17.1 Å².